The number of halogens is 5. The van der Waals surface area contributed by atoms with Crippen molar-refractivity contribution in [3.8, 4) is 5.75 Å². The molecule has 0 aliphatic carbocycles. The molecule has 0 radical (unpaired) electrons. The van der Waals surface area contributed by atoms with E-state index in [0.717, 1.165) is 12.1 Å². The maximum absolute atomic E-state index is 13.2. The molecule has 94 valence electrons. The minimum Gasteiger partial charge on any atom is -0.403 e. The summed E-state index contributed by atoms with van der Waals surface area (Å²) in [6.07, 6.45) is -5.08. The summed E-state index contributed by atoms with van der Waals surface area (Å²) in [6, 6.07) is 2.81. The summed E-state index contributed by atoms with van der Waals surface area (Å²) < 4.78 is 52.1. The lowest BCUT2D eigenvalue weighted by atomic mass is 10.1. The number of hydrogen-bond acceptors (Lipinski definition) is 2. The zero-order valence-electron chi connectivity index (χ0n) is 8.35. The minimum absolute atomic E-state index is 0.132. The number of rotatable bonds is 4. The fraction of sp³-hybridized carbons (Fsp3) is 0.300. The Labute approximate surface area is 99.1 Å². The average molecular weight is 271 g/mol. The van der Waals surface area contributed by atoms with Crippen LogP contribution in [0.15, 0.2) is 18.2 Å². The van der Waals surface area contributed by atoms with E-state index in [9.17, 15) is 22.4 Å². The van der Waals surface area contributed by atoms with E-state index in [2.05, 4.69) is 4.74 Å². The lowest BCUT2D eigenvalue weighted by Gasteiger charge is -2.10. The molecule has 0 bridgehead atoms. The van der Waals surface area contributed by atoms with Gasteiger partial charge in [0.2, 0.25) is 0 Å². The van der Waals surface area contributed by atoms with Crippen LogP contribution in [0.4, 0.5) is 17.6 Å². The van der Waals surface area contributed by atoms with Crippen LogP contribution in [0.3, 0.4) is 0 Å². The highest BCUT2D eigenvalue weighted by molar-refractivity contribution is 6.27. The van der Waals surface area contributed by atoms with Crippen LogP contribution in [0, 0.1) is 5.82 Å². The van der Waals surface area contributed by atoms with Crippen LogP contribution in [-0.4, -0.2) is 18.0 Å². The van der Waals surface area contributed by atoms with Crippen molar-refractivity contribution < 1.29 is 27.1 Å². The Morgan fingerprint density at radius 2 is 2.00 bits per heavy atom. The highest BCUT2D eigenvalue weighted by atomic mass is 35.5. The average Bonchev–Trinajstić information content (AvgIpc) is 2.20. The van der Waals surface area contributed by atoms with Gasteiger partial charge in [0.15, 0.2) is 17.3 Å². The van der Waals surface area contributed by atoms with Gasteiger partial charge in [-0.25, -0.2) is 4.39 Å². The number of carbonyl (C=O) groups is 1. The Morgan fingerprint density at radius 3 is 2.47 bits per heavy atom. The Bertz CT molecular complexity index is 417. The predicted molar refractivity (Wildman–Crippen MR) is 52.5 cm³/mol. The van der Waals surface area contributed by atoms with Crippen molar-refractivity contribution in [3.05, 3.63) is 29.6 Å². The van der Waals surface area contributed by atoms with E-state index in [1.807, 2.05) is 0 Å². The molecule has 0 saturated carbocycles. The third kappa shape index (κ3) is 4.60. The first-order valence-corrected chi connectivity index (χ1v) is 4.97. The molecule has 0 aliphatic rings. The van der Waals surface area contributed by atoms with Gasteiger partial charge in [0.25, 0.3) is 0 Å². The maximum atomic E-state index is 13.2. The largest absolute Gasteiger partial charge is 0.573 e. The van der Waals surface area contributed by atoms with Crippen LogP contribution in [0.2, 0.25) is 0 Å². The second kappa shape index (κ2) is 5.35. The standard InChI is InChI=1S/C10H7ClF4O2/c11-5-7(16)3-6-1-2-9(8(12)4-6)17-10(13,14)15/h1-2,4H,3,5H2. The SMILES string of the molecule is O=C(CCl)Cc1ccc(OC(F)(F)F)c(F)c1. The van der Waals surface area contributed by atoms with Gasteiger partial charge in [0, 0.05) is 6.42 Å². The number of carbonyl (C=O) groups excluding carboxylic acids is 1. The first-order valence-electron chi connectivity index (χ1n) is 4.43. The van der Waals surface area contributed by atoms with Crippen LogP contribution in [-0.2, 0) is 11.2 Å². The van der Waals surface area contributed by atoms with Crippen molar-refractivity contribution in [2.24, 2.45) is 0 Å². The van der Waals surface area contributed by atoms with E-state index in [1.165, 1.54) is 6.07 Å². The molecule has 0 N–H and O–H groups in total. The molecular weight excluding hydrogens is 264 g/mol. The number of alkyl halides is 4. The molecule has 0 aliphatic heterocycles. The van der Waals surface area contributed by atoms with Crippen LogP contribution in [0.25, 0.3) is 0 Å². The van der Waals surface area contributed by atoms with Crippen LogP contribution in [0.5, 0.6) is 5.75 Å². The fourth-order valence-corrected chi connectivity index (χ4v) is 1.23. The van der Waals surface area contributed by atoms with E-state index in [1.54, 1.807) is 0 Å². The number of benzene rings is 1. The summed E-state index contributed by atoms with van der Waals surface area (Å²) >= 11 is 5.24. The molecule has 0 spiro atoms. The minimum atomic E-state index is -4.95. The van der Waals surface area contributed by atoms with Crippen molar-refractivity contribution in [3.63, 3.8) is 0 Å². The normalized spacial score (nSPS) is 11.4. The third-order valence-corrected chi connectivity index (χ3v) is 2.07. The molecule has 0 aromatic heterocycles. The van der Waals surface area contributed by atoms with Crippen molar-refractivity contribution >= 4 is 17.4 Å². The van der Waals surface area contributed by atoms with Gasteiger partial charge in [-0.3, -0.25) is 4.79 Å². The highest BCUT2D eigenvalue weighted by Gasteiger charge is 2.32. The van der Waals surface area contributed by atoms with Gasteiger partial charge >= 0.3 is 6.36 Å². The molecule has 0 fully saturated rings. The fourth-order valence-electron chi connectivity index (χ4n) is 1.14. The second-order valence-electron chi connectivity index (χ2n) is 3.16. The lowest BCUT2D eigenvalue weighted by molar-refractivity contribution is -0.275. The van der Waals surface area contributed by atoms with Gasteiger partial charge in [-0.2, -0.15) is 0 Å². The summed E-state index contributed by atoms with van der Waals surface area (Å²) in [5.41, 5.74) is 0.239. The Morgan fingerprint density at radius 1 is 1.35 bits per heavy atom. The molecule has 0 atom stereocenters. The number of hydrogen-bond donors (Lipinski definition) is 0. The lowest BCUT2D eigenvalue weighted by Crippen LogP contribution is -2.18. The van der Waals surface area contributed by atoms with E-state index < -0.39 is 17.9 Å². The van der Waals surface area contributed by atoms with Gasteiger partial charge in [-0.15, -0.1) is 24.8 Å². The number of ether oxygens (including phenoxy) is 1. The van der Waals surface area contributed by atoms with Crippen LogP contribution < -0.4 is 4.74 Å². The third-order valence-electron chi connectivity index (χ3n) is 1.77. The zero-order chi connectivity index (χ0) is 13.1. The van der Waals surface area contributed by atoms with Gasteiger partial charge in [-0.1, -0.05) is 6.07 Å². The van der Waals surface area contributed by atoms with E-state index in [4.69, 9.17) is 11.6 Å². The molecular formula is C10H7ClF4O2. The van der Waals surface area contributed by atoms with Gasteiger partial charge in [-0.05, 0) is 17.7 Å². The van der Waals surface area contributed by atoms with Crippen LogP contribution >= 0.6 is 11.6 Å². The number of ketones is 1. The molecule has 1 aromatic rings. The van der Waals surface area contributed by atoms with Gasteiger partial charge in [0.05, 0.1) is 5.88 Å². The molecule has 0 amide bonds. The molecule has 1 rings (SSSR count). The number of Topliss-reactive ketones (excluding diaryl/α,β-unsaturated/α-hetero) is 1. The van der Waals surface area contributed by atoms with Gasteiger partial charge in [0.1, 0.15) is 0 Å². The molecule has 2 nitrogen and oxygen atoms in total. The van der Waals surface area contributed by atoms with E-state index >= 15 is 0 Å². The summed E-state index contributed by atoms with van der Waals surface area (Å²) in [4.78, 5) is 10.9. The molecule has 1 aromatic carbocycles. The summed E-state index contributed by atoms with van der Waals surface area (Å²) in [7, 11) is 0. The molecule has 0 unspecified atom stereocenters. The Balaban J connectivity index is 2.83. The van der Waals surface area contributed by atoms with Crippen molar-refractivity contribution in [1.82, 2.24) is 0 Å². The van der Waals surface area contributed by atoms with Crippen LogP contribution in [0.1, 0.15) is 5.56 Å². The Kier molecular flexibility index (Phi) is 4.34. The van der Waals surface area contributed by atoms with Crippen molar-refractivity contribution in [2.45, 2.75) is 12.8 Å². The first-order chi connectivity index (χ1) is 7.81. The molecule has 17 heavy (non-hydrogen) atoms. The maximum Gasteiger partial charge on any atom is 0.573 e. The topological polar surface area (TPSA) is 26.3 Å². The smallest absolute Gasteiger partial charge is 0.403 e. The van der Waals surface area contributed by atoms with Gasteiger partial charge < -0.3 is 4.74 Å². The zero-order valence-corrected chi connectivity index (χ0v) is 9.11. The summed E-state index contributed by atoms with van der Waals surface area (Å²) in [6.45, 7) is 0. The molecule has 7 heteroatoms. The summed E-state index contributed by atoms with van der Waals surface area (Å²) in [5.74, 6) is -2.69. The Hall–Kier alpha value is -1.30. The second-order valence-corrected chi connectivity index (χ2v) is 3.43. The van der Waals surface area contributed by atoms with Crippen molar-refractivity contribution in [1.29, 1.82) is 0 Å². The van der Waals surface area contributed by atoms with E-state index in [-0.39, 0.29) is 23.6 Å². The molecule has 0 heterocycles. The van der Waals surface area contributed by atoms with Crippen molar-refractivity contribution in [2.75, 3.05) is 5.88 Å². The molecule has 0 saturated heterocycles. The van der Waals surface area contributed by atoms with E-state index in [0.29, 0.717) is 0 Å². The first kappa shape index (κ1) is 13.8. The predicted octanol–water partition coefficient (Wildman–Crippen LogP) is 3.07. The highest BCUT2D eigenvalue weighted by Crippen LogP contribution is 2.26. The summed E-state index contributed by atoms with van der Waals surface area (Å²) in [5, 5.41) is 0. The quantitative estimate of drug-likeness (QED) is 0.621. The monoisotopic (exact) mass is 270 g/mol.